The van der Waals surface area contributed by atoms with Crippen LogP contribution in [0.4, 0.5) is 5.69 Å². The summed E-state index contributed by atoms with van der Waals surface area (Å²) in [6, 6.07) is 26.9. The second-order valence-electron chi connectivity index (χ2n) is 18.2. The summed E-state index contributed by atoms with van der Waals surface area (Å²) in [4.78, 5) is 46.2. The topological polar surface area (TPSA) is 166 Å². The van der Waals surface area contributed by atoms with Crippen LogP contribution in [-0.2, 0) is 34.4 Å². The van der Waals surface area contributed by atoms with Gasteiger partial charge < -0.3 is 30.9 Å². The third kappa shape index (κ3) is 9.89. The lowest BCUT2D eigenvalue weighted by Crippen LogP contribution is -2.53. The second-order valence-corrected chi connectivity index (χ2v) is 18.7. The van der Waals surface area contributed by atoms with E-state index in [0.29, 0.717) is 80.8 Å². The quantitative estimate of drug-likeness (QED) is 0.0665. The van der Waals surface area contributed by atoms with Gasteiger partial charge in [-0.15, -0.1) is 0 Å². The largest absolute Gasteiger partial charge is 0.494 e. The summed E-state index contributed by atoms with van der Waals surface area (Å²) >= 11 is 6.32. The van der Waals surface area contributed by atoms with Crippen LogP contribution >= 0.6 is 11.6 Å². The van der Waals surface area contributed by atoms with E-state index in [-0.39, 0.29) is 22.9 Å². The maximum absolute atomic E-state index is 13.1. The zero-order valence-electron chi connectivity index (χ0n) is 36.7. The van der Waals surface area contributed by atoms with Crippen molar-refractivity contribution in [3.8, 4) is 22.6 Å². The molecular formula is C52H58ClN5O6. The Morgan fingerprint density at radius 2 is 1.78 bits per heavy atom. The standard InChI is InChI=1S/C52H58ClN5O6/c1-33(32-64-46-18-23-55-44-12-3-7-34(2)48(44)46)25-39-27-37-14-16-42(29-43(37)51(39)19-21-52(22-20-51,50(61)62)58-41-11-5-10-40(53)28-41)63-24-6-13-47(59)57-30-35-8-4-9-36(26-35)38-15-17-45(49(54)60)56-31-38/h4-5,8-11,14-18,23,26,28-29,31,33-34,39,58H,3,6-7,12-13,19-22,24-25,27,30,32H2,1-2H3,(H2,54,60)(H,57,59)(H,61,62)/t33-,34-,39?,51?,52?/m1/s1. The van der Waals surface area contributed by atoms with Crippen LogP contribution in [0.1, 0.15) is 116 Å². The van der Waals surface area contributed by atoms with Crippen molar-refractivity contribution in [3.63, 3.8) is 0 Å². The molecule has 64 heavy (non-hydrogen) atoms. The van der Waals surface area contributed by atoms with Crippen molar-refractivity contribution < 1.29 is 29.0 Å². The van der Waals surface area contributed by atoms with E-state index >= 15 is 0 Å². The van der Waals surface area contributed by atoms with Gasteiger partial charge in [-0.2, -0.15) is 0 Å². The number of nitrogens with one attached hydrogen (secondary N) is 2. The third-order valence-corrected chi connectivity index (χ3v) is 14.1. The number of anilines is 1. The molecule has 0 bridgehead atoms. The van der Waals surface area contributed by atoms with Crippen molar-refractivity contribution in [1.29, 1.82) is 0 Å². The minimum absolute atomic E-state index is 0.0656. The number of pyridine rings is 2. The number of halogens is 1. The average Bonchev–Trinajstić information content (AvgIpc) is 3.58. The number of ether oxygens (including phenoxy) is 2. The van der Waals surface area contributed by atoms with Gasteiger partial charge in [0.1, 0.15) is 22.7 Å². The van der Waals surface area contributed by atoms with Gasteiger partial charge >= 0.3 is 5.97 Å². The van der Waals surface area contributed by atoms with Gasteiger partial charge in [0.05, 0.1) is 13.2 Å². The number of nitrogens with two attached hydrogens (primary N) is 1. The molecule has 2 amide bonds. The number of rotatable bonds is 17. The molecule has 0 saturated heterocycles. The number of carboxylic acid groups (broad SMARTS) is 1. The molecule has 11 nitrogen and oxygen atoms in total. The zero-order valence-corrected chi connectivity index (χ0v) is 37.5. The van der Waals surface area contributed by atoms with Gasteiger partial charge in [0, 0.05) is 52.9 Å². The highest BCUT2D eigenvalue weighted by Gasteiger charge is 2.54. The number of aryl methyl sites for hydroxylation is 1. The fraction of sp³-hybridized carbons (Fsp3) is 0.404. The van der Waals surface area contributed by atoms with E-state index in [1.807, 2.05) is 54.7 Å². The molecule has 2 aromatic heterocycles. The number of carboxylic acids is 1. The normalized spacial score (nSPS) is 21.6. The number of aliphatic carboxylic acids is 1. The van der Waals surface area contributed by atoms with Crippen molar-refractivity contribution in [1.82, 2.24) is 15.3 Å². The summed E-state index contributed by atoms with van der Waals surface area (Å²) in [5, 5.41) is 17.7. The smallest absolute Gasteiger partial charge is 0.329 e. The van der Waals surface area contributed by atoms with Crippen molar-refractivity contribution in [2.45, 2.75) is 108 Å². The predicted molar refractivity (Wildman–Crippen MR) is 249 cm³/mol. The van der Waals surface area contributed by atoms with Gasteiger partial charge in [0.25, 0.3) is 5.91 Å². The van der Waals surface area contributed by atoms with Crippen LogP contribution in [0, 0.1) is 11.8 Å². The Kier molecular flexibility index (Phi) is 13.6. The fourth-order valence-corrected chi connectivity index (χ4v) is 10.6. The van der Waals surface area contributed by atoms with Crippen LogP contribution < -0.4 is 25.8 Å². The number of carbonyl (C=O) groups excluding carboxylic acids is 2. The van der Waals surface area contributed by atoms with Crippen molar-refractivity contribution >= 4 is 35.1 Å². The lowest BCUT2D eigenvalue weighted by molar-refractivity contribution is -0.144. The van der Waals surface area contributed by atoms with Crippen molar-refractivity contribution in [3.05, 3.63) is 136 Å². The number of hydrogen-bond donors (Lipinski definition) is 4. The van der Waals surface area contributed by atoms with Crippen LogP contribution in [0.2, 0.25) is 5.02 Å². The molecule has 5 aromatic rings. The van der Waals surface area contributed by atoms with Crippen LogP contribution in [0.3, 0.4) is 0 Å². The molecule has 1 fully saturated rings. The monoisotopic (exact) mass is 883 g/mol. The van der Waals surface area contributed by atoms with E-state index in [9.17, 15) is 19.5 Å². The van der Waals surface area contributed by atoms with Crippen molar-refractivity contribution in [2.75, 3.05) is 18.5 Å². The number of fused-ring (bicyclic) bond motifs is 3. The van der Waals surface area contributed by atoms with Gasteiger partial charge in [0.2, 0.25) is 5.91 Å². The highest BCUT2D eigenvalue weighted by molar-refractivity contribution is 6.30. The molecule has 0 radical (unpaired) electrons. The van der Waals surface area contributed by atoms with E-state index in [4.69, 9.17) is 26.8 Å². The Morgan fingerprint density at radius 1 is 0.953 bits per heavy atom. The molecule has 3 aromatic carbocycles. The molecule has 1 unspecified atom stereocenters. The minimum atomic E-state index is -1.12. The molecular weight excluding hydrogens is 826 g/mol. The second kappa shape index (κ2) is 19.4. The molecule has 8 rings (SSSR count). The molecule has 3 aliphatic carbocycles. The summed E-state index contributed by atoms with van der Waals surface area (Å²) in [6.45, 7) is 5.89. The summed E-state index contributed by atoms with van der Waals surface area (Å²) < 4.78 is 12.9. The average molecular weight is 885 g/mol. The number of amides is 2. The maximum atomic E-state index is 13.1. The van der Waals surface area contributed by atoms with Gasteiger partial charge in [-0.05, 0) is 158 Å². The van der Waals surface area contributed by atoms with E-state index in [0.717, 1.165) is 66.0 Å². The SMILES string of the molecule is C[C@@H](COc1ccnc2c1[C@H](C)CCC2)CC1Cc2ccc(OCCCC(=O)NCc3cccc(-c4ccc(C(N)=O)nc4)c3)cc2C12CCC(Nc1cccc(Cl)c1)(C(=O)O)CC2. The Morgan fingerprint density at radius 3 is 2.55 bits per heavy atom. The Labute approximate surface area is 380 Å². The molecule has 0 aliphatic heterocycles. The Balaban J connectivity index is 0.917. The lowest BCUT2D eigenvalue weighted by Gasteiger charge is -2.47. The third-order valence-electron chi connectivity index (χ3n) is 13.8. The summed E-state index contributed by atoms with van der Waals surface area (Å²) in [6.07, 6.45) is 11.8. The van der Waals surface area contributed by atoms with E-state index in [1.54, 1.807) is 30.5 Å². The zero-order chi connectivity index (χ0) is 44.8. The van der Waals surface area contributed by atoms with Crippen molar-refractivity contribution in [2.24, 2.45) is 17.6 Å². The molecule has 5 N–H and O–H groups in total. The number of hydrogen-bond acceptors (Lipinski definition) is 8. The maximum Gasteiger partial charge on any atom is 0.329 e. The first-order valence-corrected chi connectivity index (χ1v) is 23.0. The van der Waals surface area contributed by atoms with Gasteiger partial charge in [-0.3, -0.25) is 19.6 Å². The fourth-order valence-electron chi connectivity index (χ4n) is 10.4. The Hall–Kier alpha value is -5.94. The Bertz CT molecular complexity index is 2490. The summed E-state index contributed by atoms with van der Waals surface area (Å²) in [5.74, 6) is 1.21. The minimum Gasteiger partial charge on any atom is -0.494 e. The number of aromatic nitrogens is 2. The molecule has 334 valence electrons. The van der Waals surface area contributed by atoms with Crippen LogP contribution in [0.15, 0.2) is 97.3 Å². The van der Waals surface area contributed by atoms with Gasteiger partial charge in [-0.1, -0.05) is 61.8 Å². The first-order valence-electron chi connectivity index (χ1n) is 22.7. The molecule has 3 atom stereocenters. The van der Waals surface area contributed by atoms with E-state index < -0.39 is 17.4 Å². The first-order chi connectivity index (χ1) is 30.9. The first kappa shape index (κ1) is 44.7. The number of primary amides is 1. The van der Waals surface area contributed by atoms with Gasteiger partial charge in [0.15, 0.2) is 0 Å². The molecule has 3 aliphatic rings. The summed E-state index contributed by atoms with van der Waals surface area (Å²) in [5.41, 5.74) is 12.6. The molecule has 12 heteroatoms. The van der Waals surface area contributed by atoms with Crippen LogP contribution in [0.5, 0.6) is 11.5 Å². The number of carbonyl (C=O) groups is 3. The summed E-state index contributed by atoms with van der Waals surface area (Å²) in [7, 11) is 0. The van der Waals surface area contributed by atoms with Crippen LogP contribution in [0.25, 0.3) is 11.1 Å². The van der Waals surface area contributed by atoms with E-state index in [1.165, 1.54) is 16.7 Å². The lowest BCUT2D eigenvalue weighted by atomic mass is 9.59. The van der Waals surface area contributed by atoms with E-state index in [2.05, 4.69) is 46.6 Å². The number of benzene rings is 3. The number of nitrogens with zero attached hydrogens (tertiary/aromatic N) is 2. The predicted octanol–water partition coefficient (Wildman–Crippen LogP) is 9.84. The highest BCUT2D eigenvalue weighted by atomic mass is 35.5. The molecule has 1 spiro atoms. The van der Waals surface area contributed by atoms with Crippen LogP contribution in [-0.4, -0.2) is 51.6 Å². The highest BCUT2D eigenvalue weighted by Crippen LogP contribution is 2.57. The molecule has 1 saturated carbocycles. The molecule has 2 heterocycles. The van der Waals surface area contributed by atoms with Gasteiger partial charge in [-0.25, -0.2) is 4.79 Å².